The van der Waals surface area contributed by atoms with Crippen molar-refractivity contribution in [1.82, 2.24) is 0 Å². The normalized spacial score (nSPS) is 12.5. The number of halogens is 4. The van der Waals surface area contributed by atoms with E-state index in [1.165, 1.54) is 5.56 Å². The summed E-state index contributed by atoms with van der Waals surface area (Å²) in [4.78, 5) is 0. The fourth-order valence-electron chi connectivity index (χ4n) is 1.81. The summed E-state index contributed by atoms with van der Waals surface area (Å²) < 4.78 is 3.96. The molecule has 0 aliphatic heterocycles. The van der Waals surface area contributed by atoms with Crippen LogP contribution in [0.4, 0.5) is 0 Å². The summed E-state index contributed by atoms with van der Waals surface area (Å²) in [6.07, 6.45) is 0. The average molecular weight is 509 g/mol. The molecule has 1 atom stereocenters. The minimum atomic E-state index is 0.180. The molecule has 1 unspecified atom stereocenters. The third-order valence-corrected chi connectivity index (χ3v) is 5.86. The number of hydrogen-bond donors (Lipinski definition) is 0. The molecule has 0 aromatic heterocycles. The van der Waals surface area contributed by atoms with Gasteiger partial charge >= 0.3 is 0 Å². The van der Waals surface area contributed by atoms with Crippen molar-refractivity contribution < 1.29 is 0 Å². The van der Waals surface area contributed by atoms with Crippen LogP contribution in [0.25, 0.3) is 0 Å². The molecule has 3 radical (unpaired) electrons. The predicted molar refractivity (Wildman–Crippen MR) is 92.4 cm³/mol. The second kappa shape index (κ2) is 6.42. The van der Waals surface area contributed by atoms with Crippen molar-refractivity contribution in [3.05, 3.63) is 64.9 Å². The van der Waals surface area contributed by atoms with Crippen LogP contribution >= 0.6 is 63.7 Å². The zero-order valence-electron chi connectivity index (χ0n) is 10.2. The first-order valence-corrected chi connectivity index (χ1v) is 8.74. The highest BCUT2D eigenvalue weighted by molar-refractivity contribution is 9.11. The van der Waals surface area contributed by atoms with Crippen LogP contribution in [0.1, 0.15) is 29.5 Å². The molecular weight excluding hydrogens is 500 g/mol. The van der Waals surface area contributed by atoms with Crippen LogP contribution in [0.15, 0.2) is 30.0 Å². The molecule has 0 aliphatic carbocycles. The lowest BCUT2D eigenvalue weighted by Gasteiger charge is -2.17. The maximum atomic E-state index is 3.66. The second-order valence-electron chi connectivity index (χ2n) is 4.20. The SMILES string of the molecule is Cc1c(Br)c[c]c(C(C)c2[c]cc(Br)[c]c2Br)c1Br. The van der Waals surface area contributed by atoms with Crippen LogP contribution in [0, 0.1) is 25.1 Å². The molecule has 0 saturated heterocycles. The molecule has 0 nitrogen and oxygen atoms in total. The molecule has 0 fully saturated rings. The molecule has 0 N–H and O–H groups in total. The van der Waals surface area contributed by atoms with Crippen molar-refractivity contribution in [3.8, 4) is 0 Å². The van der Waals surface area contributed by atoms with Crippen molar-refractivity contribution in [3.63, 3.8) is 0 Å². The summed E-state index contributed by atoms with van der Waals surface area (Å²) in [5.74, 6) is 0.180. The molecule has 0 bridgehead atoms. The molecule has 2 aromatic rings. The maximum absolute atomic E-state index is 3.66. The first-order chi connectivity index (χ1) is 8.91. The molecule has 19 heavy (non-hydrogen) atoms. The number of hydrogen-bond acceptors (Lipinski definition) is 0. The van der Waals surface area contributed by atoms with Gasteiger partial charge in [-0.05, 0) is 63.8 Å². The molecule has 97 valence electrons. The monoisotopic (exact) mass is 505 g/mol. The molecule has 0 aliphatic rings. The van der Waals surface area contributed by atoms with Gasteiger partial charge in [-0.3, -0.25) is 0 Å². The van der Waals surface area contributed by atoms with Crippen molar-refractivity contribution >= 4 is 63.7 Å². The first kappa shape index (κ1) is 15.7. The Bertz CT molecular complexity index is 620. The van der Waals surface area contributed by atoms with E-state index in [1.807, 2.05) is 12.1 Å². The van der Waals surface area contributed by atoms with Crippen molar-refractivity contribution in [2.75, 3.05) is 0 Å². The van der Waals surface area contributed by atoms with Gasteiger partial charge in [0.15, 0.2) is 0 Å². The number of benzene rings is 2. The van der Waals surface area contributed by atoms with Gasteiger partial charge < -0.3 is 0 Å². The summed E-state index contributed by atoms with van der Waals surface area (Å²) in [5, 5.41) is 0. The van der Waals surface area contributed by atoms with Crippen molar-refractivity contribution in [2.45, 2.75) is 19.8 Å². The summed E-state index contributed by atoms with van der Waals surface area (Å²) in [6, 6.07) is 13.7. The van der Waals surface area contributed by atoms with Crippen LogP contribution in [0.3, 0.4) is 0 Å². The van der Waals surface area contributed by atoms with Gasteiger partial charge in [-0.15, -0.1) is 0 Å². The fraction of sp³-hybridized carbons (Fsp3) is 0.200. The van der Waals surface area contributed by atoms with Crippen molar-refractivity contribution in [2.24, 2.45) is 0 Å². The first-order valence-electron chi connectivity index (χ1n) is 5.57. The molecule has 0 heterocycles. The maximum Gasteiger partial charge on any atom is 0.0310 e. The van der Waals surface area contributed by atoms with Gasteiger partial charge in [0, 0.05) is 29.9 Å². The van der Waals surface area contributed by atoms with E-state index >= 15 is 0 Å². The third-order valence-electron chi connectivity index (χ3n) is 2.96. The van der Waals surface area contributed by atoms with Crippen LogP contribution in [0.2, 0.25) is 0 Å². The number of rotatable bonds is 2. The highest BCUT2D eigenvalue weighted by atomic mass is 79.9. The summed E-state index contributed by atoms with van der Waals surface area (Å²) in [7, 11) is 0. The molecule has 2 aromatic carbocycles. The molecule has 4 heteroatoms. The minimum absolute atomic E-state index is 0.180. The van der Waals surface area contributed by atoms with E-state index in [0.717, 1.165) is 29.0 Å². The zero-order valence-corrected chi connectivity index (χ0v) is 16.6. The molecule has 0 saturated carbocycles. The van der Waals surface area contributed by atoms with E-state index < -0.39 is 0 Å². The lowest BCUT2D eigenvalue weighted by molar-refractivity contribution is 0.900. The smallest absolute Gasteiger partial charge is 0.0310 e. The zero-order chi connectivity index (χ0) is 14.2. The van der Waals surface area contributed by atoms with E-state index in [2.05, 4.69) is 95.8 Å². The topological polar surface area (TPSA) is 0 Å². The Morgan fingerprint density at radius 3 is 2.26 bits per heavy atom. The van der Waals surface area contributed by atoms with Gasteiger partial charge in [-0.2, -0.15) is 0 Å². The van der Waals surface area contributed by atoms with Gasteiger partial charge in [-0.25, -0.2) is 0 Å². The lowest BCUT2D eigenvalue weighted by Crippen LogP contribution is -2.00. The highest BCUT2D eigenvalue weighted by Gasteiger charge is 2.17. The minimum Gasteiger partial charge on any atom is -0.0542 e. The highest BCUT2D eigenvalue weighted by Crippen LogP contribution is 2.37. The van der Waals surface area contributed by atoms with Crippen LogP contribution in [-0.4, -0.2) is 0 Å². The summed E-state index contributed by atoms with van der Waals surface area (Å²) >= 11 is 14.1. The van der Waals surface area contributed by atoms with E-state index in [4.69, 9.17) is 0 Å². The van der Waals surface area contributed by atoms with Crippen LogP contribution in [0.5, 0.6) is 0 Å². The second-order valence-corrected chi connectivity index (χ2v) is 7.49. The van der Waals surface area contributed by atoms with Crippen LogP contribution < -0.4 is 0 Å². The average Bonchev–Trinajstić information content (AvgIpc) is 2.35. The lowest BCUT2D eigenvalue weighted by atomic mass is 9.92. The van der Waals surface area contributed by atoms with E-state index in [-0.39, 0.29) is 5.92 Å². The Labute approximate surface area is 147 Å². The van der Waals surface area contributed by atoms with Gasteiger partial charge in [0.25, 0.3) is 0 Å². The predicted octanol–water partition coefficient (Wildman–Crippen LogP) is 6.60. The Kier molecular flexibility index (Phi) is 5.32. The summed E-state index contributed by atoms with van der Waals surface area (Å²) in [6.45, 7) is 4.22. The van der Waals surface area contributed by atoms with E-state index in [0.29, 0.717) is 0 Å². The molecule has 0 spiro atoms. The van der Waals surface area contributed by atoms with Crippen molar-refractivity contribution in [1.29, 1.82) is 0 Å². The summed E-state index contributed by atoms with van der Waals surface area (Å²) in [5.41, 5.74) is 3.37. The van der Waals surface area contributed by atoms with E-state index in [1.54, 1.807) is 0 Å². The molecule has 0 amide bonds. The Balaban J connectivity index is 2.50. The Morgan fingerprint density at radius 2 is 1.63 bits per heavy atom. The molecule has 2 rings (SSSR count). The van der Waals surface area contributed by atoms with Gasteiger partial charge in [0.2, 0.25) is 0 Å². The fourth-order valence-corrected chi connectivity index (χ4v) is 4.31. The van der Waals surface area contributed by atoms with Gasteiger partial charge in [0.05, 0.1) is 0 Å². The Morgan fingerprint density at radius 1 is 1.00 bits per heavy atom. The van der Waals surface area contributed by atoms with Crippen LogP contribution in [-0.2, 0) is 0 Å². The third kappa shape index (κ3) is 3.34. The standard InChI is InChI=1S/C15H9Br4/c1-8(11-4-3-10(16)7-14(11)18)12-5-6-13(17)9(2)15(12)19/h3,6,8H,1-2H3. The van der Waals surface area contributed by atoms with E-state index in [9.17, 15) is 0 Å². The molecular formula is C15H9Br4. The Hall–Kier alpha value is 0.360. The quantitative estimate of drug-likeness (QED) is 0.429. The largest absolute Gasteiger partial charge is 0.0542 e. The van der Waals surface area contributed by atoms with Gasteiger partial charge in [0.1, 0.15) is 0 Å². The van der Waals surface area contributed by atoms with Gasteiger partial charge in [-0.1, -0.05) is 54.7 Å².